The largest absolute Gasteiger partial charge is 0.466 e. The molecule has 19 heavy (non-hydrogen) atoms. The summed E-state index contributed by atoms with van der Waals surface area (Å²) in [5.74, 6) is 0.209. The summed E-state index contributed by atoms with van der Waals surface area (Å²) < 4.78 is 10.3. The highest BCUT2D eigenvalue weighted by Crippen LogP contribution is 2.55. The van der Waals surface area contributed by atoms with Gasteiger partial charge in [-0.2, -0.15) is 0 Å². The fourth-order valence-corrected chi connectivity index (χ4v) is 3.63. The number of ether oxygens (including phenoxy) is 2. The Morgan fingerprint density at radius 1 is 1.63 bits per heavy atom. The number of rotatable bonds is 5. The molecule has 0 aromatic carbocycles. The van der Waals surface area contributed by atoms with Gasteiger partial charge in [0.2, 0.25) is 0 Å². The van der Waals surface area contributed by atoms with Crippen molar-refractivity contribution in [1.29, 1.82) is 0 Å². The number of amides is 1. The molecular weight excluding hydrogens is 246 g/mol. The minimum absolute atomic E-state index is 0.188. The average Bonchev–Trinajstić information content (AvgIpc) is 2.67. The molecular formula is C14H21NO4. The van der Waals surface area contributed by atoms with Crippen LogP contribution in [0.15, 0.2) is 12.2 Å². The molecule has 1 aliphatic carbocycles. The second-order valence-corrected chi connectivity index (χ2v) is 5.80. The molecule has 2 fully saturated rings. The fraction of sp³-hybridized carbons (Fsp3) is 0.714. The van der Waals surface area contributed by atoms with Gasteiger partial charge < -0.3 is 9.47 Å². The number of hydrogen-bond acceptors (Lipinski definition) is 4. The molecule has 0 bridgehead atoms. The first-order valence-corrected chi connectivity index (χ1v) is 6.58. The first-order valence-electron chi connectivity index (χ1n) is 6.58. The molecule has 0 radical (unpaired) electrons. The molecule has 2 aliphatic rings. The molecule has 0 aromatic heterocycles. The van der Waals surface area contributed by atoms with Crippen LogP contribution in [-0.2, 0) is 14.3 Å². The summed E-state index contributed by atoms with van der Waals surface area (Å²) in [4.78, 5) is 24.0. The highest BCUT2D eigenvalue weighted by atomic mass is 16.6. The van der Waals surface area contributed by atoms with Crippen molar-refractivity contribution in [3.63, 3.8) is 0 Å². The third-order valence-corrected chi connectivity index (χ3v) is 4.85. The van der Waals surface area contributed by atoms with Crippen molar-refractivity contribution in [3.05, 3.63) is 12.2 Å². The van der Waals surface area contributed by atoms with Crippen molar-refractivity contribution in [3.8, 4) is 0 Å². The summed E-state index contributed by atoms with van der Waals surface area (Å²) in [7, 11) is 0. The number of hydrogen-bond donors (Lipinski definition) is 0. The third kappa shape index (κ3) is 1.83. The van der Waals surface area contributed by atoms with Gasteiger partial charge in [-0.25, -0.2) is 4.79 Å². The van der Waals surface area contributed by atoms with Crippen LogP contribution in [0.2, 0.25) is 0 Å². The minimum Gasteiger partial charge on any atom is -0.466 e. The number of carbonyl (C=O) groups is 2. The van der Waals surface area contributed by atoms with Crippen LogP contribution in [0.5, 0.6) is 0 Å². The Labute approximate surface area is 113 Å². The van der Waals surface area contributed by atoms with E-state index in [1.165, 1.54) is 0 Å². The monoisotopic (exact) mass is 267 g/mol. The van der Waals surface area contributed by atoms with Crippen molar-refractivity contribution in [2.24, 2.45) is 5.92 Å². The lowest BCUT2D eigenvalue weighted by Gasteiger charge is -2.41. The molecule has 2 rings (SSSR count). The Bertz CT molecular complexity index is 422. The van der Waals surface area contributed by atoms with Crippen LogP contribution in [0.25, 0.3) is 0 Å². The zero-order valence-corrected chi connectivity index (χ0v) is 11.8. The Morgan fingerprint density at radius 3 is 2.89 bits per heavy atom. The maximum absolute atomic E-state index is 12.1. The van der Waals surface area contributed by atoms with Crippen molar-refractivity contribution in [2.75, 3.05) is 13.2 Å². The molecule has 3 unspecified atom stereocenters. The normalized spacial score (nSPS) is 36.9. The van der Waals surface area contributed by atoms with Gasteiger partial charge in [-0.05, 0) is 33.6 Å². The molecule has 1 saturated carbocycles. The van der Waals surface area contributed by atoms with E-state index in [1.54, 1.807) is 4.90 Å². The van der Waals surface area contributed by atoms with Crippen molar-refractivity contribution in [2.45, 2.75) is 44.8 Å². The van der Waals surface area contributed by atoms with Gasteiger partial charge in [-0.15, -0.1) is 0 Å². The standard InChI is InChI=1S/C14H21NO4/c1-10(2)11-5-6-13(3)14(11,4)15(12(17)19-13)7-8-18-9-16/h9,11H,1,5-8H2,2-4H3. The van der Waals surface area contributed by atoms with Crippen LogP contribution in [0.4, 0.5) is 4.79 Å². The highest BCUT2D eigenvalue weighted by molar-refractivity contribution is 5.73. The van der Waals surface area contributed by atoms with E-state index in [0.29, 0.717) is 13.0 Å². The van der Waals surface area contributed by atoms with Crippen molar-refractivity contribution in [1.82, 2.24) is 4.90 Å². The zero-order chi connectivity index (χ0) is 14.3. The minimum atomic E-state index is -0.491. The Balaban J connectivity index is 2.29. The smallest absolute Gasteiger partial charge is 0.411 e. The first-order chi connectivity index (χ1) is 8.87. The van der Waals surface area contributed by atoms with Crippen LogP contribution >= 0.6 is 0 Å². The van der Waals surface area contributed by atoms with Crippen LogP contribution < -0.4 is 0 Å². The number of nitrogens with zero attached hydrogens (tertiary/aromatic N) is 1. The van der Waals surface area contributed by atoms with E-state index in [2.05, 4.69) is 6.58 Å². The van der Waals surface area contributed by atoms with Crippen LogP contribution in [0.1, 0.15) is 33.6 Å². The predicted octanol–water partition coefficient (Wildman–Crippen LogP) is 2.12. The number of fused-ring (bicyclic) bond motifs is 1. The zero-order valence-electron chi connectivity index (χ0n) is 11.8. The highest BCUT2D eigenvalue weighted by Gasteiger charge is 2.66. The van der Waals surface area contributed by atoms with Gasteiger partial charge in [0.25, 0.3) is 6.47 Å². The van der Waals surface area contributed by atoms with E-state index in [4.69, 9.17) is 9.47 Å². The molecule has 5 heteroatoms. The SMILES string of the molecule is C=C(C)C1CCC2(C)OC(=O)N(CCOC=O)C12C. The summed E-state index contributed by atoms with van der Waals surface area (Å²) in [6.07, 6.45) is 1.46. The van der Waals surface area contributed by atoms with Crippen LogP contribution in [0.3, 0.4) is 0 Å². The van der Waals surface area contributed by atoms with Gasteiger partial charge in [0.1, 0.15) is 12.2 Å². The second-order valence-electron chi connectivity index (χ2n) is 5.80. The molecule has 0 aromatic rings. The first kappa shape index (κ1) is 13.9. The summed E-state index contributed by atoms with van der Waals surface area (Å²) in [6.45, 7) is 11.0. The van der Waals surface area contributed by atoms with Crippen molar-refractivity contribution >= 4 is 12.6 Å². The molecule has 0 spiro atoms. The number of carbonyl (C=O) groups excluding carboxylic acids is 2. The van der Waals surface area contributed by atoms with Gasteiger partial charge in [0, 0.05) is 5.92 Å². The topological polar surface area (TPSA) is 55.8 Å². The molecule has 0 N–H and O–H groups in total. The fourth-order valence-electron chi connectivity index (χ4n) is 3.63. The third-order valence-electron chi connectivity index (χ3n) is 4.85. The lowest BCUT2D eigenvalue weighted by atomic mass is 9.77. The van der Waals surface area contributed by atoms with E-state index in [0.717, 1.165) is 18.4 Å². The Morgan fingerprint density at radius 2 is 2.32 bits per heavy atom. The van der Waals surface area contributed by atoms with Crippen molar-refractivity contribution < 1.29 is 19.1 Å². The summed E-state index contributed by atoms with van der Waals surface area (Å²) in [5, 5.41) is 0. The quantitative estimate of drug-likeness (QED) is 0.435. The van der Waals surface area contributed by atoms with E-state index in [9.17, 15) is 9.59 Å². The molecule has 1 heterocycles. The average molecular weight is 267 g/mol. The molecule has 5 nitrogen and oxygen atoms in total. The molecule has 1 saturated heterocycles. The van der Waals surface area contributed by atoms with Gasteiger partial charge >= 0.3 is 6.09 Å². The lowest BCUT2D eigenvalue weighted by Crippen LogP contribution is -2.56. The van der Waals surface area contributed by atoms with Crippen LogP contribution in [-0.4, -0.2) is 41.8 Å². The Kier molecular flexibility index (Phi) is 3.32. The summed E-state index contributed by atoms with van der Waals surface area (Å²) >= 11 is 0. The van der Waals surface area contributed by atoms with Gasteiger partial charge in [0.15, 0.2) is 0 Å². The van der Waals surface area contributed by atoms with E-state index in [1.807, 2.05) is 20.8 Å². The molecule has 1 amide bonds. The van der Waals surface area contributed by atoms with Gasteiger partial charge in [-0.3, -0.25) is 9.69 Å². The Hall–Kier alpha value is -1.52. The van der Waals surface area contributed by atoms with Gasteiger partial charge in [0.05, 0.1) is 12.1 Å². The summed E-state index contributed by atoms with van der Waals surface area (Å²) in [5.41, 5.74) is 0.155. The molecule has 3 atom stereocenters. The molecule has 1 aliphatic heterocycles. The lowest BCUT2D eigenvalue weighted by molar-refractivity contribution is -0.129. The molecule has 106 valence electrons. The maximum Gasteiger partial charge on any atom is 0.411 e. The van der Waals surface area contributed by atoms with Gasteiger partial charge in [-0.1, -0.05) is 12.2 Å². The van der Waals surface area contributed by atoms with E-state index < -0.39 is 11.1 Å². The van der Waals surface area contributed by atoms with E-state index >= 15 is 0 Å². The van der Waals surface area contributed by atoms with E-state index in [-0.39, 0.29) is 18.6 Å². The maximum atomic E-state index is 12.1. The summed E-state index contributed by atoms with van der Waals surface area (Å²) in [6, 6.07) is 0. The van der Waals surface area contributed by atoms with Crippen LogP contribution in [0, 0.1) is 5.92 Å². The predicted molar refractivity (Wildman–Crippen MR) is 69.6 cm³/mol. The second kappa shape index (κ2) is 4.54.